The molecule has 0 amide bonds. The first-order chi connectivity index (χ1) is 9.73. The van der Waals surface area contributed by atoms with Crippen molar-refractivity contribution in [1.82, 2.24) is 9.97 Å². The Morgan fingerprint density at radius 3 is 1.14 bits per heavy atom. The Morgan fingerprint density at radius 2 is 0.810 bits per heavy atom. The van der Waals surface area contributed by atoms with Gasteiger partial charge in [-0.05, 0) is 77.6 Å². The minimum atomic E-state index is 0.661. The summed E-state index contributed by atoms with van der Waals surface area (Å²) in [6, 6.07) is 0. The third kappa shape index (κ3) is 2.65. The summed E-state index contributed by atoms with van der Waals surface area (Å²) in [4.78, 5) is 9.18. The lowest BCUT2D eigenvalue weighted by Crippen LogP contribution is -2.04. The predicted octanol–water partition coefficient (Wildman–Crippen LogP) is 4.74. The summed E-state index contributed by atoms with van der Waals surface area (Å²) in [7, 11) is 0. The Labute approximate surface area is 127 Å². The van der Waals surface area contributed by atoms with Gasteiger partial charge in [-0.25, -0.2) is 9.97 Å². The minimum absolute atomic E-state index is 0.661. The van der Waals surface area contributed by atoms with Gasteiger partial charge in [-0.1, -0.05) is 0 Å². The van der Waals surface area contributed by atoms with Crippen LogP contribution in [0.2, 0.25) is 0 Å². The molecule has 3 nitrogen and oxygen atoms in total. The second kappa shape index (κ2) is 5.47. The number of hydrogen-bond donors (Lipinski definition) is 0. The van der Waals surface area contributed by atoms with Crippen LogP contribution in [-0.2, 0) is 0 Å². The van der Waals surface area contributed by atoms with Crippen LogP contribution in [0.1, 0.15) is 44.8 Å². The number of rotatable bonds is 2. The van der Waals surface area contributed by atoms with E-state index in [-0.39, 0.29) is 0 Å². The van der Waals surface area contributed by atoms with Gasteiger partial charge in [-0.15, -0.1) is 0 Å². The smallest absolute Gasteiger partial charge is 0.224 e. The van der Waals surface area contributed by atoms with Crippen LogP contribution in [0, 0.1) is 55.4 Å². The van der Waals surface area contributed by atoms with Crippen LogP contribution in [0.4, 0.5) is 0 Å². The Kier molecular flexibility index (Phi) is 4.04. The van der Waals surface area contributed by atoms with Crippen molar-refractivity contribution in [1.29, 1.82) is 0 Å². The number of aryl methyl sites for hydroxylation is 2. The van der Waals surface area contributed by atoms with E-state index in [0.717, 1.165) is 22.5 Å². The largest absolute Gasteiger partial charge is 0.420 e. The monoisotopic (exact) mass is 284 g/mol. The lowest BCUT2D eigenvalue weighted by Gasteiger charge is -2.16. The Bertz CT molecular complexity index is 657. The van der Waals surface area contributed by atoms with Crippen LogP contribution in [0.25, 0.3) is 0 Å². The van der Waals surface area contributed by atoms with Crippen molar-refractivity contribution >= 4 is 0 Å². The summed E-state index contributed by atoms with van der Waals surface area (Å²) < 4.78 is 6.05. The minimum Gasteiger partial charge on any atom is -0.420 e. The highest BCUT2D eigenvalue weighted by Gasteiger charge is 2.15. The number of hydrogen-bond acceptors (Lipinski definition) is 3. The molecule has 2 aromatic heterocycles. The van der Waals surface area contributed by atoms with Crippen molar-refractivity contribution in [3.63, 3.8) is 0 Å². The molecule has 0 aliphatic rings. The van der Waals surface area contributed by atoms with E-state index in [1.807, 2.05) is 27.7 Å². The first-order valence-corrected chi connectivity index (χ1v) is 7.30. The molecule has 21 heavy (non-hydrogen) atoms. The zero-order valence-corrected chi connectivity index (χ0v) is 14.3. The quantitative estimate of drug-likeness (QED) is 0.799. The second-order valence-electron chi connectivity index (χ2n) is 5.86. The van der Waals surface area contributed by atoms with Gasteiger partial charge in [0.1, 0.15) is 0 Å². The summed E-state index contributed by atoms with van der Waals surface area (Å²) in [5, 5.41) is 0. The highest BCUT2D eigenvalue weighted by molar-refractivity contribution is 5.45. The molecule has 3 heteroatoms. The SMILES string of the molecule is Cc1nc(Oc2nc(C)c(C)c(C)c2C)c(C)c(C)c1C. The summed E-state index contributed by atoms with van der Waals surface area (Å²) in [6.45, 7) is 16.5. The van der Waals surface area contributed by atoms with Crippen molar-refractivity contribution in [3.05, 3.63) is 44.8 Å². The number of nitrogens with zero attached hydrogens (tertiary/aromatic N) is 2. The van der Waals surface area contributed by atoms with Gasteiger partial charge in [-0.2, -0.15) is 0 Å². The van der Waals surface area contributed by atoms with Gasteiger partial charge >= 0.3 is 0 Å². The van der Waals surface area contributed by atoms with Gasteiger partial charge in [0.2, 0.25) is 11.8 Å². The van der Waals surface area contributed by atoms with Crippen molar-refractivity contribution in [3.8, 4) is 11.8 Å². The normalized spacial score (nSPS) is 10.9. The number of pyridine rings is 2. The molecule has 0 saturated heterocycles. The third-order valence-corrected chi connectivity index (χ3v) is 4.71. The molecule has 2 rings (SSSR count). The maximum Gasteiger partial charge on any atom is 0.224 e. The summed E-state index contributed by atoms with van der Waals surface area (Å²) in [5.74, 6) is 1.32. The Morgan fingerprint density at radius 1 is 0.476 bits per heavy atom. The molecule has 0 radical (unpaired) electrons. The van der Waals surface area contributed by atoms with E-state index >= 15 is 0 Å². The van der Waals surface area contributed by atoms with E-state index in [4.69, 9.17) is 4.74 Å². The van der Waals surface area contributed by atoms with Gasteiger partial charge in [0.15, 0.2) is 0 Å². The average molecular weight is 284 g/mol. The first kappa shape index (κ1) is 15.5. The molecular formula is C18H24N2O. The van der Waals surface area contributed by atoms with Crippen molar-refractivity contribution < 1.29 is 4.74 Å². The molecular weight excluding hydrogens is 260 g/mol. The molecule has 0 N–H and O–H groups in total. The van der Waals surface area contributed by atoms with Crippen LogP contribution < -0.4 is 4.74 Å². The van der Waals surface area contributed by atoms with E-state index in [0.29, 0.717) is 11.8 Å². The maximum atomic E-state index is 6.05. The lowest BCUT2D eigenvalue weighted by atomic mass is 10.0. The average Bonchev–Trinajstić information content (AvgIpc) is 2.45. The van der Waals surface area contributed by atoms with E-state index < -0.39 is 0 Å². The summed E-state index contributed by atoms with van der Waals surface area (Å²) >= 11 is 0. The second-order valence-corrected chi connectivity index (χ2v) is 5.86. The molecule has 0 fully saturated rings. The zero-order chi connectivity index (χ0) is 15.9. The fraction of sp³-hybridized carbons (Fsp3) is 0.444. The van der Waals surface area contributed by atoms with Gasteiger partial charge in [-0.3, -0.25) is 0 Å². The van der Waals surface area contributed by atoms with Crippen LogP contribution in [0.15, 0.2) is 0 Å². The molecule has 0 aliphatic heterocycles. The van der Waals surface area contributed by atoms with Crippen molar-refractivity contribution in [2.75, 3.05) is 0 Å². The molecule has 0 atom stereocenters. The van der Waals surface area contributed by atoms with Gasteiger partial charge in [0.25, 0.3) is 0 Å². The van der Waals surface area contributed by atoms with E-state index in [9.17, 15) is 0 Å². The highest BCUT2D eigenvalue weighted by Crippen LogP contribution is 2.31. The summed E-state index contributed by atoms with van der Waals surface area (Å²) in [5.41, 5.74) is 9.08. The Balaban J connectivity index is 2.54. The molecule has 0 aliphatic carbocycles. The molecule has 2 aromatic rings. The van der Waals surface area contributed by atoms with Gasteiger partial charge in [0, 0.05) is 22.5 Å². The molecule has 0 saturated carbocycles. The predicted molar refractivity (Wildman–Crippen MR) is 86.4 cm³/mol. The zero-order valence-electron chi connectivity index (χ0n) is 14.3. The molecule has 0 bridgehead atoms. The molecule has 0 spiro atoms. The van der Waals surface area contributed by atoms with Gasteiger partial charge in [0.05, 0.1) is 0 Å². The number of aromatic nitrogens is 2. The fourth-order valence-electron chi connectivity index (χ4n) is 2.36. The molecule has 0 aromatic carbocycles. The van der Waals surface area contributed by atoms with Gasteiger partial charge < -0.3 is 4.74 Å². The van der Waals surface area contributed by atoms with Crippen molar-refractivity contribution in [2.24, 2.45) is 0 Å². The van der Waals surface area contributed by atoms with Crippen LogP contribution in [-0.4, -0.2) is 9.97 Å². The third-order valence-electron chi connectivity index (χ3n) is 4.71. The topological polar surface area (TPSA) is 35.0 Å². The highest BCUT2D eigenvalue weighted by atomic mass is 16.5. The standard InChI is InChI=1S/C18H24N2O/c1-9-11(3)15(7)19-17(13(9)5)21-18-14(6)10(2)12(4)16(8)20-18/h1-8H3. The van der Waals surface area contributed by atoms with E-state index in [1.54, 1.807) is 0 Å². The number of ether oxygens (including phenoxy) is 1. The fourth-order valence-corrected chi connectivity index (χ4v) is 2.36. The molecule has 2 heterocycles. The lowest BCUT2D eigenvalue weighted by molar-refractivity contribution is 0.433. The van der Waals surface area contributed by atoms with Crippen molar-refractivity contribution in [2.45, 2.75) is 55.4 Å². The van der Waals surface area contributed by atoms with Crippen LogP contribution >= 0.6 is 0 Å². The van der Waals surface area contributed by atoms with E-state index in [2.05, 4.69) is 37.7 Å². The summed E-state index contributed by atoms with van der Waals surface area (Å²) in [6.07, 6.45) is 0. The first-order valence-electron chi connectivity index (χ1n) is 7.30. The van der Waals surface area contributed by atoms with Crippen LogP contribution in [0.3, 0.4) is 0 Å². The maximum absolute atomic E-state index is 6.05. The molecule has 0 unspecified atom stereocenters. The van der Waals surface area contributed by atoms with Crippen LogP contribution in [0.5, 0.6) is 11.8 Å². The molecule has 112 valence electrons. The Hall–Kier alpha value is -1.90. The van der Waals surface area contributed by atoms with E-state index in [1.165, 1.54) is 22.3 Å².